The molecule has 0 saturated heterocycles. The third kappa shape index (κ3) is 5.29. The largest absolute Gasteiger partial charge is 0.490 e. The van der Waals surface area contributed by atoms with Crippen LogP contribution in [0, 0.1) is 13.8 Å². The maximum absolute atomic E-state index is 6.09. The van der Waals surface area contributed by atoms with E-state index >= 15 is 0 Å². The van der Waals surface area contributed by atoms with E-state index in [4.69, 9.17) is 9.47 Å². The zero-order valence-electron chi connectivity index (χ0n) is 16.6. The number of rotatable bonds is 8. The Morgan fingerprint density at radius 2 is 1.57 bits per heavy atom. The molecule has 1 N–H and O–H groups in total. The van der Waals surface area contributed by atoms with Crippen molar-refractivity contribution >= 4 is 21.6 Å². The van der Waals surface area contributed by atoms with Gasteiger partial charge in [-0.05, 0) is 61.7 Å². The lowest BCUT2D eigenvalue weighted by atomic mass is 10.1. The Labute approximate surface area is 175 Å². The van der Waals surface area contributed by atoms with Gasteiger partial charge in [-0.3, -0.25) is 0 Å². The van der Waals surface area contributed by atoms with Crippen molar-refractivity contribution in [1.29, 1.82) is 0 Å². The van der Waals surface area contributed by atoms with Gasteiger partial charge >= 0.3 is 0 Å². The number of hydrogen-bond donors (Lipinski definition) is 1. The topological polar surface area (TPSA) is 30.5 Å². The molecule has 0 spiro atoms. The standard InChI is InChI=1S/C24H26BrNO2/c1-4-27-23-13-20(15-26-21-11-9-17(2)10-12-21)22(25)14-24(23)28-16-19-8-6-5-7-18(19)3/h5-14,26H,4,15-16H2,1-3H3. The summed E-state index contributed by atoms with van der Waals surface area (Å²) in [6.45, 7) is 7.97. The van der Waals surface area contributed by atoms with E-state index in [0.717, 1.165) is 27.2 Å². The maximum atomic E-state index is 6.09. The van der Waals surface area contributed by atoms with Crippen molar-refractivity contribution in [2.75, 3.05) is 11.9 Å². The molecule has 3 aromatic rings. The molecule has 0 aliphatic carbocycles. The van der Waals surface area contributed by atoms with Crippen LogP contribution < -0.4 is 14.8 Å². The molecule has 0 radical (unpaired) electrons. The lowest BCUT2D eigenvalue weighted by Crippen LogP contribution is -2.04. The molecule has 0 saturated carbocycles. The van der Waals surface area contributed by atoms with E-state index in [1.165, 1.54) is 16.7 Å². The average molecular weight is 440 g/mol. The lowest BCUT2D eigenvalue weighted by Gasteiger charge is -2.16. The summed E-state index contributed by atoms with van der Waals surface area (Å²) in [6.07, 6.45) is 0. The number of ether oxygens (including phenoxy) is 2. The van der Waals surface area contributed by atoms with Gasteiger partial charge in [0.05, 0.1) is 6.61 Å². The molecule has 0 heterocycles. The van der Waals surface area contributed by atoms with E-state index in [-0.39, 0.29) is 0 Å². The van der Waals surface area contributed by atoms with Crippen molar-refractivity contribution in [3.05, 3.63) is 87.4 Å². The number of anilines is 1. The van der Waals surface area contributed by atoms with Gasteiger partial charge in [0.15, 0.2) is 11.5 Å². The number of aryl methyl sites for hydroxylation is 2. The first kappa shape index (κ1) is 20.3. The summed E-state index contributed by atoms with van der Waals surface area (Å²) in [7, 11) is 0. The van der Waals surface area contributed by atoms with E-state index in [2.05, 4.69) is 71.5 Å². The van der Waals surface area contributed by atoms with Gasteiger partial charge < -0.3 is 14.8 Å². The summed E-state index contributed by atoms with van der Waals surface area (Å²) in [5.41, 5.74) is 5.85. The summed E-state index contributed by atoms with van der Waals surface area (Å²) >= 11 is 3.68. The number of hydrogen-bond acceptors (Lipinski definition) is 3. The summed E-state index contributed by atoms with van der Waals surface area (Å²) in [5.74, 6) is 1.51. The first-order valence-corrected chi connectivity index (χ1v) is 10.3. The quantitative estimate of drug-likeness (QED) is 0.425. The summed E-state index contributed by atoms with van der Waals surface area (Å²) in [4.78, 5) is 0. The SMILES string of the molecule is CCOc1cc(CNc2ccc(C)cc2)c(Br)cc1OCc1ccccc1C. The lowest BCUT2D eigenvalue weighted by molar-refractivity contribution is 0.268. The molecule has 0 aromatic heterocycles. The van der Waals surface area contributed by atoms with Gasteiger partial charge in [-0.25, -0.2) is 0 Å². The zero-order chi connectivity index (χ0) is 19.9. The Balaban J connectivity index is 1.75. The van der Waals surface area contributed by atoms with Crippen LogP contribution in [0.15, 0.2) is 65.1 Å². The predicted molar refractivity (Wildman–Crippen MR) is 119 cm³/mol. The molecule has 3 rings (SSSR count). The van der Waals surface area contributed by atoms with Crippen molar-refractivity contribution in [3.63, 3.8) is 0 Å². The fourth-order valence-corrected chi connectivity index (χ4v) is 3.35. The molecular formula is C24H26BrNO2. The molecule has 3 nitrogen and oxygen atoms in total. The first-order chi connectivity index (χ1) is 13.6. The monoisotopic (exact) mass is 439 g/mol. The fourth-order valence-electron chi connectivity index (χ4n) is 2.89. The van der Waals surface area contributed by atoms with Crippen LogP contribution in [0.4, 0.5) is 5.69 Å². The summed E-state index contributed by atoms with van der Waals surface area (Å²) in [5, 5.41) is 3.46. The first-order valence-electron chi connectivity index (χ1n) is 9.50. The minimum absolute atomic E-state index is 0.514. The molecule has 0 aliphatic rings. The van der Waals surface area contributed by atoms with Crippen LogP contribution >= 0.6 is 15.9 Å². The number of nitrogens with one attached hydrogen (secondary N) is 1. The minimum Gasteiger partial charge on any atom is -0.490 e. The third-order valence-corrected chi connectivity index (χ3v) is 5.33. The van der Waals surface area contributed by atoms with Gasteiger partial charge in [-0.2, -0.15) is 0 Å². The number of halogens is 1. The Morgan fingerprint density at radius 3 is 2.29 bits per heavy atom. The van der Waals surface area contributed by atoms with E-state index < -0.39 is 0 Å². The highest BCUT2D eigenvalue weighted by atomic mass is 79.9. The second-order valence-corrected chi connectivity index (χ2v) is 7.61. The van der Waals surface area contributed by atoms with Gasteiger partial charge in [0.1, 0.15) is 6.61 Å². The van der Waals surface area contributed by atoms with Crippen LogP contribution in [0.2, 0.25) is 0 Å². The van der Waals surface area contributed by atoms with Gasteiger partial charge in [0, 0.05) is 16.7 Å². The average Bonchev–Trinajstić information content (AvgIpc) is 2.69. The van der Waals surface area contributed by atoms with Gasteiger partial charge in [0.25, 0.3) is 0 Å². The second kappa shape index (κ2) is 9.65. The van der Waals surface area contributed by atoms with Crippen LogP contribution in [0.5, 0.6) is 11.5 Å². The summed E-state index contributed by atoms with van der Waals surface area (Å²) < 4.78 is 12.9. The summed E-state index contributed by atoms with van der Waals surface area (Å²) in [6, 6.07) is 20.7. The molecule has 4 heteroatoms. The van der Waals surface area contributed by atoms with Crippen LogP contribution in [0.3, 0.4) is 0 Å². The van der Waals surface area contributed by atoms with E-state index in [9.17, 15) is 0 Å². The third-order valence-electron chi connectivity index (χ3n) is 4.59. The van der Waals surface area contributed by atoms with Crippen molar-refractivity contribution in [1.82, 2.24) is 0 Å². The van der Waals surface area contributed by atoms with Crippen LogP contribution in [0.25, 0.3) is 0 Å². The fraction of sp³-hybridized carbons (Fsp3) is 0.250. The predicted octanol–water partition coefficient (Wildman–Crippen LogP) is 6.66. The molecule has 0 amide bonds. The van der Waals surface area contributed by atoms with Crippen LogP contribution in [0.1, 0.15) is 29.2 Å². The highest BCUT2D eigenvalue weighted by Crippen LogP contribution is 2.35. The normalized spacial score (nSPS) is 10.6. The van der Waals surface area contributed by atoms with E-state index in [1.807, 2.05) is 31.2 Å². The molecule has 0 aliphatic heterocycles. The van der Waals surface area contributed by atoms with Gasteiger partial charge in [-0.15, -0.1) is 0 Å². The molecular weight excluding hydrogens is 414 g/mol. The van der Waals surface area contributed by atoms with Crippen LogP contribution in [-0.2, 0) is 13.2 Å². The molecule has 0 atom stereocenters. The number of benzene rings is 3. The Kier molecular flexibility index (Phi) is 6.99. The van der Waals surface area contributed by atoms with Crippen molar-refractivity contribution in [2.45, 2.75) is 33.9 Å². The van der Waals surface area contributed by atoms with Crippen LogP contribution in [-0.4, -0.2) is 6.61 Å². The van der Waals surface area contributed by atoms with Crippen molar-refractivity contribution < 1.29 is 9.47 Å². The Bertz CT molecular complexity index is 922. The minimum atomic E-state index is 0.514. The Hall–Kier alpha value is -2.46. The van der Waals surface area contributed by atoms with Crippen molar-refractivity contribution in [2.24, 2.45) is 0 Å². The smallest absolute Gasteiger partial charge is 0.162 e. The molecule has 0 unspecified atom stereocenters. The molecule has 0 bridgehead atoms. The Morgan fingerprint density at radius 1 is 0.857 bits per heavy atom. The van der Waals surface area contributed by atoms with E-state index in [1.54, 1.807) is 0 Å². The van der Waals surface area contributed by atoms with Crippen molar-refractivity contribution in [3.8, 4) is 11.5 Å². The molecule has 146 valence electrons. The maximum Gasteiger partial charge on any atom is 0.162 e. The molecule has 3 aromatic carbocycles. The molecule has 0 fully saturated rings. The van der Waals surface area contributed by atoms with Gasteiger partial charge in [-0.1, -0.05) is 57.9 Å². The highest BCUT2D eigenvalue weighted by Gasteiger charge is 2.12. The van der Waals surface area contributed by atoms with E-state index in [0.29, 0.717) is 19.8 Å². The highest BCUT2D eigenvalue weighted by molar-refractivity contribution is 9.10. The zero-order valence-corrected chi connectivity index (χ0v) is 18.2. The molecule has 28 heavy (non-hydrogen) atoms. The van der Waals surface area contributed by atoms with Gasteiger partial charge in [0.2, 0.25) is 0 Å². The second-order valence-electron chi connectivity index (χ2n) is 6.76.